The van der Waals surface area contributed by atoms with Crippen LogP contribution < -0.4 is 10.1 Å². The van der Waals surface area contributed by atoms with E-state index in [-0.39, 0.29) is 6.10 Å². The third-order valence-corrected chi connectivity index (χ3v) is 3.56. The number of nitrogens with one attached hydrogen (secondary N) is 1. The van der Waals surface area contributed by atoms with Crippen molar-refractivity contribution in [3.05, 3.63) is 28.2 Å². The minimum atomic E-state index is 0.121. The van der Waals surface area contributed by atoms with Crippen LogP contribution in [0.4, 0.5) is 0 Å². The van der Waals surface area contributed by atoms with E-state index in [2.05, 4.69) is 33.0 Å². The summed E-state index contributed by atoms with van der Waals surface area (Å²) >= 11 is 11.9. The van der Waals surface area contributed by atoms with E-state index in [1.807, 2.05) is 6.07 Å². The highest BCUT2D eigenvalue weighted by molar-refractivity contribution is 6.42. The van der Waals surface area contributed by atoms with Crippen LogP contribution in [0.15, 0.2) is 18.2 Å². The summed E-state index contributed by atoms with van der Waals surface area (Å²) in [6.45, 7) is 10.5. The van der Waals surface area contributed by atoms with Gasteiger partial charge in [0.25, 0.3) is 0 Å². The standard InChI is InChI=1S/C15H23Cl2NO/c1-10(2)8-18-9-15(11(3)4)19-12-5-6-13(16)14(17)7-12/h5-7,10-11,15,18H,8-9H2,1-4H3. The van der Waals surface area contributed by atoms with Crippen molar-refractivity contribution >= 4 is 23.2 Å². The van der Waals surface area contributed by atoms with Gasteiger partial charge in [-0.1, -0.05) is 50.9 Å². The lowest BCUT2D eigenvalue weighted by molar-refractivity contribution is 0.148. The fourth-order valence-corrected chi connectivity index (χ4v) is 1.94. The first-order chi connectivity index (χ1) is 8.90. The molecule has 4 heteroatoms. The van der Waals surface area contributed by atoms with Gasteiger partial charge < -0.3 is 10.1 Å². The molecule has 0 saturated heterocycles. The Hall–Kier alpha value is -0.440. The summed E-state index contributed by atoms with van der Waals surface area (Å²) in [6, 6.07) is 5.38. The molecule has 1 aromatic rings. The molecular formula is C15H23Cl2NO. The van der Waals surface area contributed by atoms with E-state index in [1.165, 1.54) is 0 Å². The quantitative estimate of drug-likeness (QED) is 0.792. The lowest BCUT2D eigenvalue weighted by Gasteiger charge is -2.23. The van der Waals surface area contributed by atoms with Gasteiger partial charge in [-0.05, 0) is 30.5 Å². The maximum Gasteiger partial charge on any atom is 0.121 e. The molecular weight excluding hydrogens is 281 g/mol. The summed E-state index contributed by atoms with van der Waals surface area (Å²) < 4.78 is 5.99. The summed E-state index contributed by atoms with van der Waals surface area (Å²) in [6.07, 6.45) is 0.121. The lowest BCUT2D eigenvalue weighted by atomic mass is 10.1. The van der Waals surface area contributed by atoms with Gasteiger partial charge in [-0.3, -0.25) is 0 Å². The first-order valence-electron chi connectivity index (χ1n) is 6.72. The first kappa shape index (κ1) is 16.6. The molecule has 0 fully saturated rings. The zero-order chi connectivity index (χ0) is 14.4. The number of hydrogen-bond acceptors (Lipinski definition) is 2. The first-order valence-corrected chi connectivity index (χ1v) is 7.48. The molecule has 1 atom stereocenters. The van der Waals surface area contributed by atoms with Crippen LogP contribution in [0.1, 0.15) is 27.7 Å². The third-order valence-electron chi connectivity index (χ3n) is 2.82. The summed E-state index contributed by atoms with van der Waals surface area (Å²) in [7, 11) is 0. The molecule has 0 spiro atoms. The number of rotatable bonds is 7. The van der Waals surface area contributed by atoms with E-state index in [0.29, 0.717) is 21.9 Å². The number of benzene rings is 1. The van der Waals surface area contributed by atoms with Crippen molar-refractivity contribution in [1.29, 1.82) is 0 Å². The normalized spacial score (nSPS) is 13.1. The van der Waals surface area contributed by atoms with Crippen LogP contribution in [0.2, 0.25) is 10.0 Å². The predicted octanol–water partition coefficient (Wildman–Crippen LogP) is 4.64. The topological polar surface area (TPSA) is 21.3 Å². The Bertz CT molecular complexity index is 394. The van der Waals surface area contributed by atoms with E-state index >= 15 is 0 Å². The molecule has 19 heavy (non-hydrogen) atoms. The molecule has 0 aliphatic carbocycles. The number of hydrogen-bond donors (Lipinski definition) is 1. The Morgan fingerprint density at radius 3 is 2.26 bits per heavy atom. The van der Waals surface area contributed by atoms with Crippen LogP contribution in [0.5, 0.6) is 5.75 Å². The van der Waals surface area contributed by atoms with Crippen molar-refractivity contribution in [3.8, 4) is 5.75 Å². The third kappa shape index (κ3) is 6.03. The van der Waals surface area contributed by atoms with E-state index in [9.17, 15) is 0 Å². The van der Waals surface area contributed by atoms with Crippen molar-refractivity contribution in [2.24, 2.45) is 11.8 Å². The van der Waals surface area contributed by atoms with Gasteiger partial charge in [0, 0.05) is 12.6 Å². The maximum atomic E-state index is 6.00. The monoisotopic (exact) mass is 303 g/mol. The van der Waals surface area contributed by atoms with Crippen molar-refractivity contribution in [1.82, 2.24) is 5.32 Å². The molecule has 1 rings (SSSR count). The second-order valence-electron chi connectivity index (χ2n) is 5.53. The fraction of sp³-hybridized carbons (Fsp3) is 0.600. The van der Waals surface area contributed by atoms with Gasteiger partial charge in [0.15, 0.2) is 0 Å². The molecule has 0 aliphatic heterocycles. The summed E-state index contributed by atoms with van der Waals surface area (Å²) in [4.78, 5) is 0. The smallest absolute Gasteiger partial charge is 0.121 e. The zero-order valence-corrected chi connectivity index (χ0v) is 13.6. The Morgan fingerprint density at radius 1 is 1.05 bits per heavy atom. The van der Waals surface area contributed by atoms with Crippen molar-refractivity contribution in [3.63, 3.8) is 0 Å². The van der Waals surface area contributed by atoms with Gasteiger partial charge in [0.1, 0.15) is 11.9 Å². The molecule has 0 radical (unpaired) electrons. The highest BCUT2D eigenvalue weighted by Gasteiger charge is 2.15. The SMILES string of the molecule is CC(C)CNCC(Oc1ccc(Cl)c(Cl)c1)C(C)C. The van der Waals surface area contributed by atoms with Crippen LogP contribution in [-0.4, -0.2) is 19.2 Å². The number of ether oxygens (including phenoxy) is 1. The van der Waals surface area contributed by atoms with Gasteiger partial charge in [-0.15, -0.1) is 0 Å². The van der Waals surface area contributed by atoms with E-state index < -0.39 is 0 Å². The van der Waals surface area contributed by atoms with Gasteiger partial charge in [-0.2, -0.15) is 0 Å². The second-order valence-corrected chi connectivity index (χ2v) is 6.34. The maximum absolute atomic E-state index is 6.00. The molecule has 0 bridgehead atoms. The average molecular weight is 304 g/mol. The van der Waals surface area contributed by atoms with Crippen LogP contribution in [-0.2, 0) is 0 Å². The van der Waals surface area contributed by atoms with Crippen molar-refractivity contribution < 1.29 is 4.74 Å². The average Bonchev–Trinajstić information content (AvgIpc) is 2.32. The van der Waals surface area contributed by atoms with E-state index in [0.717, 1.165) is 18.8 Å². The fourth-order valence-electron chi connectivity index (χ4n) is 1.65. The molecule has 1 N–H and O–H groups in total. The van der Waals surface area contributed by atoms with Crippen LogP contribution in [0.25, 0.3) is 0 Å². The summed E-state index contributed by atoms with van der Waals surface area (Å²) in [5.41, 5.74) is 0. The van der Waals surface area contributed by atoms with Gasteiger partial charge in [0.05, 0.1) is 10.0 Å². The van der Waals surface area contributed by atoms with E-state index in [1.54, 1.807) is 12.1 Å². The molecule has 108 valence electrons. The Labute approximate surface area is 126 Å². The molecule has 1 unspecified atom stereocenters. The minimum absolute atomic E-state index is 0.121. The summed E-state index contributed by atoms with van der Waals surface area (Å²) in [5.74, 6) is 1.83. The van der Waals surface area contributed by atoms with E-state index in [4.69, 9.17) is 27.9 Å². The van der Waals surface area contributed by atoms with Crippen LogP contribution >= 0.6 is 23.2 Å². The predicted molar refractivity (Wildman–Crippen MR) is 83.4 cm³/mol. The minimum Gasteiger partial charge on any atom is -0.489 e. The van der Waals surface area contributed by atoms with Gasteiger partial charge in [-0.25, -0.2) is 0 Å². The lowest BCUT2D eigenvalue weighted by Crippen LogP contribution is -2.36. The Balaban J connectivity index is 2.59. The Morgan fingerprint density at radius 2 is 1.74 bits per heavy atom. The van der Waals surface area contributed by atoms with Crippen LogP contribution in [0.3, 0.4) is 0 Å². The Kier molecular flexibility index (Phi) is 6.98. The summed E-state index contributed by atoms with van der Waals surface area (Å²) in [5, 5.41) is 4.50. The zero-order valence-electron chi connectivity index (χ0n) is 12.0. The highest BCUT2D eigenvalue weighted by Crippen LogP contribution is 2.27. The van der Waals surface area contributed by atoms with Crippen molar-refractivity contribution in [2.75, 3.05) is 13.1 Å². The van der Waals surface area contributed by atoms with Gasteiger partial charge in [0.2, 0.25) is 0 Å². The van der Waals surface area contributed by atoms with Gasteiger partial charge >= 0.3 is 0 Å². The highest BCUT2D eigenvalue weighted by atomic mass is 35.5. The molecule has 2 nitrogen and oxygen atoms in total. The second kappa shape index (κ2) is 7.98. The molecule has 0 heterocycles. The molecule has 0 amide bonds. The molecule has 0 aliphatic rings. The molecule has 1 aromatic carbocycles. The molecule has 0 saturated carbocycles. The molecule has 0 aromatic heterocycles. The largest absolute Gasteiger partial charge is 0.489 e. The van der Waals surface area contributed by atoms with Crippen molar-refractivity contribution in [2.45, 2.75) is 33.8 Å². The van der Waals surface area contributed by atoms with Crippen LogP contribution in [0, 0.1) is 11.8 Å². The number of halogens is 2.